The van der Waals surface area contributed by atoms with Crippen LogP contribution in [0.3, 0.4) is 0 Å². The van der Waals surface area contributed by atoms with Crippen LogP contribution >= 0.6 is 11.3 Å². The first kappa shape index (κ1) is 19.3. The van der Waals surface area contributed by atoms with Gasteiger partial charge in [-0.1, -0.05) is 12.8 Å². The molecule has 5 nitrogen and oxygen atoms in total. The molecule has 0 radical (unpaired) electrons. The molecule has 1 aliphatic carbocycles. The van der Waals surface area contributed by atoms with Crippen LogP contribution in [0.2, 0.25) is 0 Å². The predicted octanol–water partition coefficient (Wildman–Crippen LogP) is 3.97. The number of thiazole rings is 1. The molecule has 1 aliphatic heterocycles. The van der Waals surface area contributed by atoms with Gasteiger partial charge in [-0.25, -0.2) is 9.37 Å². The monoisotopic (exact) mass is 403 g/mol. The molecule has 7 heteroatoms. The van der Waals surface area contributed by atoms with E-state index in [2.05, 4.69) is 9.88 Å². The molecular weight excluding hydrogens is 377 g/mol. The Morgan fingerprint density at radius 2 is 1.93 bits per heavy atom. The summed E-state index contributed by atoms with van der Waals surface area (Å²) in [6, 6.07) is 5.06. The van der Waals surface area contributed by atoms with Crippen molar-refractivity contribution in [3.05, 3.63) is 34.6 Å². The number of aromatic nitrogens is 1. The Kier molecular flexibility index (Phi) is 5.64. The molecule has 0 bridgehead atoms. The van der Waals surface area contributed by atoms with Gasteiger partial charge in [-0.2, -0.15) is 0 Å². The van der Waals surface area contributed by atoms with Crippen LogP contribution in [0, 0.1) is 12.7 Å². The van der Waals surface area contributed by atoms with Gasteiger partial charge in [-0.3, -0.25) is 9.69 Å². The fourth-order valence-corrected chi connectivity index (χ4v) is 5.32. The third-order valence-electron chi connectivity index (χ3n) is 5.83. The number of ether oxygens (including phenoxy) is 1. The number of aryl methyl sites for hydroxylation is 1. The number of carbonyl (C=O) groups is 1. The van der Waals surface area contributed by atoms with Crippen molar-refractivity contribution in [1.82, 2.24) is 14.8 Å². The highest BCUT2D eigenvalue weighted by atomic mass is 32.1. The average Bonchev–Trinajstić information content (AvgIpc) is 3.37. The van der Waals surface area contributed by atoms with Crippen molar-refractivity contribution in [1.29, 1.82) is 0 Å². The summed E-state index contributed by atoms with van der Waals surface area (Å²) in [5.74, 6) is 0.238. The van der Waals surface area contributed by atoms with E-state index < -0.39 is 0 Å². The van der Waals surface area contributed by atoms with Gasteiger partial charge in [0.25, 0.3) is 5.91 Å². The van der Waals surface area contributed by atoms with Gasteiger partial charge in [0.2, 0.25) is 0 Å². The van der Waals surface area contributed by atoms with Gasteiger partial charge < -0.3 is 9.64 Å². The molecule has 0 spiro atoms. The predicted molar refractivity (Wildman–Crippen MR) is 109 cm³/mol. The molecule has 4 rings (SSSR count). The lowest BCUT2D eigenvalue weighted by molar-refractivity contribution is 0.0577. The molecule has 2 aliphatic rings. The average molecular weight is 404 g/mol. The van der Waals surface area contributed by atoms with Crippen molar-refractivity contribution in [2.75, 3.05) is 33.3 Å². The zero-order valence-electron chi connectivity index (χ0n) is 16.4. The fraction of sp³-hybridized carbons (Fsp3) is 0.524. The molecule has 28 heavy (non-hydrogen) atoms. The molecule has 2 aromatic rings. The minimum Gasteiger partial charge on any atom is -0.496 e. The number of hydrogen-bond donors (Lipinski definition) is 0. The van der Waals surface area contributed by atoms with Crippen LogP contribution in [0.1, 0.15) is 41.0 Å². The molecule has 150 valence electrons. The molecule has 0 atom stereocenters. The van der Waals surface area contributed by atoms with E-state index in [4.69, 9.17) is 4.74 Å². The first-order valence-electron chi connectivity index (χ1n) is 9.91. The minimum atomic E-state index is -0.348. The summed E-state index contributed by atoms with van der Waals surface area (Å²) >= 11 is 1.32. The van der Waals surface area contributed by atoms with Crippen molar-refractivity contribution < 1.29 is 13.9 Å². The highest BCUT2D eigenvalue weighted by molar-refractivity contribution is 7.17. The van der Waals surface area contributed by atoms with Gasteiger partial charge in [0, 0.05) is 32.2 Å². The first-order chi connectivity index (χ1) is 13.6. The van der Waals surface area contributed by atoms with Gasteiger partial charge >= 0.3 is 0 Å². The number of methoxy groups -OCH3 is 1. The molecular formula is C21H26FN3O2S. The summed E-state index contributed by atoms with van der Waals surface area (Å²) in [5.41, 5.74) is 1.27. The molecule has 2 fully saturated rings. The molecule has 1 aromatic carbocycles. The normalized spacial score (nSPS) is 18.6. The number of carbonyl (C=O) groups excluding carboxylic acids is 1. The number of nitrogens with zero attached hydrogens (tertiary/aromatic N) is 3. The van der Waals surface area contributed by atoms with Crippen molar-refractivity contribution in [2.24, 2.45) is 0 Å². The van der Waals surface area contributed by atoms with E-state index in [1.165, 1.54) is 49.2 Å². The second-order valence-corrected chi connectivity index (χ2v) is 8.54. The summed E-state index contributed by atoms with van der Waals surface area (Å²) in [6.45, 7) is 5.24. The lowest BCUT2D eigenvalue weighted by atomic mass is 10.1. The Morgan fingerprint density at radius 3 is 2.61 bits per heavy atom. The van der Waals surface area contributed by atoms with Crippen LogP contribution in [-0.2, 0) is 0 Å². The molecule has 0 N–H and O–H groups in total. The Morgan fingerprint density at radius 1 is 1.21 bits per heavy atom. The smallest absolute Gasteiger partial charge is 0.265 e. The molecule has 1 aromatic heterocycles. The second kappa shape index (κ2) is 8.17. The SMILES string of the molecule is COc1ccc(F)cc1-c1nc(C)c(C(=O)N2CCN(C3CCCC3)CC2)s1. The summed E-state index contributed by atoms with van der Waals surface area (Å²) in [7, 11) is 1.55. The summed E-state index contributed by atoms with van der Waals surface area (Å²) in [6.07, 6.45) is 5.24. The first-order valence-corrected chi connectivity index (χ1v) is 10.7. The topological polar surface area (TPSA) is 45.7 Å². The lowest BCUT2D eigenvalue weighted by Gasteiger charge is -2.37. The molecule has 1 saturated carbocycles. The second-order valence-electron chi connectivity index (χ2n) is 7.54. The Balaban J connectivity index is 1.49. The third kappa shape index (κ3) is 3.78. The number of rotatable bonds is 4. The number of amides is 1. The molecule has 1 saturated heterocycles. The van der Waals surface area contributed by atoms with E-state index in [1.807, 2.05) is 11.8 Å². The van der Waals surface area contributed by atoms with E-state index >= 15 is 0 Å². The van der Waals surface area contributed by atoms with Crippen molar-refractivity contribution in [3.63, 3.8) is 0 Å². The van der Waals surface area contributed by atoms with E-state index in [-0.39, 0.29) is 11.7 Å². The van der Waals surface area contributed by atoms with Crippen LogP contribution in [0.4, 0.5) is 4.39 Å². The Bertz CT molecular complexity index is 855. The highest BCUT2D eigenvalue weighted by Gasteiger charge is 2.30. The highest BCUT2D eigenvalue weighted by Crippen LogP contribution is 2.35. The number of benzene rings is 1. The zero-order chi connectivity index (χ0) is 19.7. The van der Waals surface area contributed by atoms with Crippen molar-refractivity contribution >= 4 is 17.2 Å². The standard InChI is InChI=1S/C21H26FN3O2S/c1-14-19(28-20(23-14)17-13-15(22)7-8-18(17)27-2)21(26)25-11-9-24(10-12-25)16-5-3-4-6-16/h7-8,13,16H,3-6,9-12H2,1-2H3. The van der Waals surface area contributed by atoms with E-state index in [1.54, 1.807) is 13.2 Å². The van der Waals surface area contributed by atoms with Crippen LogP contribution in [0.5, 0.6) is 5.75 Å². The maximum atomic E-state index is 13.7. The van der Waals surface area contributed by atoms with E-state index in [9.17, 15) is 9.18 Å². The maximum absolute atomic E-state index is 13.7. The maximum Gasteiger partial charge on any atom is 0.265 e. The number of halogens is 1. The fourth-order valence-electron chi connectivity index (χ4n) is 4.26. The van der Waals surface area contributed by atoms with Crippen LogP contribution < -0.4 is 4.74 Å². The summed E-state index contributed by atoms with van der Waals surface area (Å²) < 4.78 is 19.1. The summed E-state index contributed by atoms with van der Waals surface area (Å²) in [5, 5.41) is 0.613. The van der Waals surface area contributed by atoms with Gasteiger partial charge in [0.15, 0.2) is 0 Å². The molecule has 2 heterocycles. The van der Waals surface area contributed by atoms with Gasteiger partial charge in [-0.05, 0) is 38.0 Å². The van der Waals surface area contributed by atoms with Gasteiger partial charge in [0.1, 0.15) is 21.5 Å². The molecule has 0 unspecified atom stereocenters. The Hall–Kier alpha value is -1.99. The minimum absolute atomic E-state index is 0.0303. The number of hydrogen-bond acceptors (Lipinski definition) is 5. The van der Waals surface area contributed by atoms with Crippen LogP contribution in [0.15, 0.2) is 18.2 Å². The third-order valence-corrected chi connectivity index (χ3v) is 7.00. The number of piperazine rings is 1. The van der Waals surface area contributed by atoms with Gasteiger partial charge in [0.05, 0.1) is 18.4 Å². The Labute approximate surface area is 169 Å². The lowest BCUT2D eigenvalue weighted by Crippen LogP contribution is -2.51. The zero-order valence-corrected chi connectivity index (χ0v) is 17.2. The quantitative estimate of drug-likeness (QED) is 0.775. The van der Waals surface area contributed by atoms with Gasteiger partial charge in [-0.15, -0.1) is 11.3 Å². The van der Waals surface area contributed by atoms with E-state index in [0.29, 0.717) is 32.9 Å². The van der Waals surface area contributed by atoms with Crippen LogP contribution in [-0.4, -0.2) is 60.0 Å². The van der Waals surface area contributed by atoms with Crippen molar-refractivity contribution in [2.45, 2.75) is 38.6 Å². The summed E-state index contributed by atoms with van der Waals surface area (Å²) in [4.78, 5) is 22.7. The van der Waals surface area contributed by atoms with Crippen molar-refractivity contribution in [3.8, 4) is 16.3 Å². The van der Waals surface area contributed by atoms with Crippen LogP contribution in [0.25, 0.3) is 10.6 Å². The largest absolute Gasteiger partial charge is 0.496 e. The van der Waals surface area contributed by atoms with E-state index in [0.717, 1.165) is 26.2 Å². The molecule has 1 amide bonds.